The first kappa shape index (κ1) is 23.7. The minimum Gasteiger partial charge on any atom is -0.292 e. The zero-order valence-electron chi connectivity index (χ0n) is 22.5. The number of rotatable bonds is 3. The molecule has 0 saturated heterocycles. The molecule has 6 aromatic rings. The normalized spacial score (nSPS) is 18.5. The van der Waals surface area contributed by atoms with Crippen LogP contribution < -0.4 is 0 Å². The van der Waals surface area contributed by atoms with E-state index < -0.39 is 0 Å². The van der Waals surface area contributed by atoms with E-state index in [1.807, 2.05) is 11.3 Å². The lowest BCUT2D eigenvalue weighted by Crippen LogP contribution is -2.12. The summed E-state index contributed by atoms with van der Waals surface area (Å²) in [7, 11) is 0. The molecule has 40 heavy (non-hydrogen) atoms. The van der Waals surface area contributed by atoms with Gasteiger partial charge in [0.2, 0.25) is 0 Å². The van der Waals surface area contributed by atoms with E-state index in [-0.39, 0.29) is 0 Å². The fourth-order valence-corrected chi connectivity index (χ4v) is 7.88. The van der Waals surface area contributed by atoms with Crippen molar-refractivity contribution >= 4 is 55.4 Å². The van der Waals surface area contributed by atoms with E-state index in [1.165, 1.54) is 54.3 Å². The van der Waals surface area contributed by atoms with E-state index in [1.54, 1.807) is 0 Å². The molecule has 2 nitrogen and oxygen atoms in total. The molecule has 0 saturated carbocycles. The lowest BCUT2D eigenvalue weighted by atomic mass is 9.80. The lowest BCUT2D eigenvalue weighted by molar-refractivity contribution is 0.469. The van der Waals surface area contributed by atoms with Crippen LogP contribution in [0.4, 0.5) is 0 Å². The number of allylic oxidation sites excluding steroid dienone is 4. The number of aromatic nitrogens is 2. The van der Waals surface area contributed by atoms with Gasteiger partial charge < -0.3 is 0 Å². The van der Waals surface area contributed by atoms with Crippen molar-refractivity contribution in [3.05, 3.63) is 119 Å². The van der Waals surface area contributed by atoms with Crippen molar-refractivity contribution in [2.24, 2.45) is 5.92 Å². The molecule has 194 valence electrons. The van der Waals surface area contributed by atoms with Gasteiger partial charge in [-0.3, -0.25) is 4.57 Å². The van der Waals surface area contributed by atoms with E-state index in [0.29, 0.717) is 11.8 Å². The second-order valence-electron chi connectivity index (χ2n) is 11.1. The number of hydrogen-bond acceptors (Lipinski definition) is 2. The minimum absolute atomic E-state index is 0.388. The summed E-state index contributed by atoms with van der Waals surface area (Å²) >= 11 is 1.90. The minimum atomic E-state index is 0.388. The average Bonchev–Trinajstić information content (AvgIpc) is 3.43. The van der Waals surface area contributed by atoms with Crippen molar-refractivity contribution in [3.63, 3.8) is 0 Å². The zero-order valence-corrected chi connectivity index (χ0v) is 23.4. The maximum absolute atomic E-state index is 5.39. The second-order valence-corrected chi connectivity index (χ2v) is 12.2. The largest absolute Gasteiger partial charge is 0.292 e. The molecule has 0 N–H and O–H groups in total. The second kappa shape index (κ2) is 9.46. The number of thiophene rings is 1. The van der Waals surface area contributed by atoms with E-state index >= 15 is 0 Å². The van der Waals surface area contributed by atoms with Crippen LogP contribution in [0.5, 0.6) is 0 Å². The summed E-state index contributed by atoms with van der Waals surface area (Å²) in [5.41, 5.74) is 7.33. The highest BCUT2D eigenvalue weighted by molar-refractivity contribution is 7.21. The van der Waals surface area contributed by atoms with Gasteiger partial charge in [-0.1, -0.05) is 98.0 Å². The fraction of sp³-hybridized carbons (Fsp3) is 0.162. The molecule has 0 spiro atoms. The summed E-state index contributed by atoms with van der Waals surface area (Å²) in [6, 6.07) is 28.8. The van der Waals surface area contributed by atoms with Crippen molar-refractivity contribution in [1.29, 1.82) is 0 Å². The van der Waals surface area contributed by atoms with E-state index in [9.17, 15) is 0 Å². The fourth-order valence-electron chi connectivity index (χ4n) is 6.62. The van der Waals surface area contributed by atoms with Gasteiger partial charge in [0.15, 0.2) is 0 Å². The van der Waals surface area contributed by atoms with Crippen molar-refractivity contribution in [1.82, 2.24) is 9.55 Å². The number of pyridine rings is 1. The van der Waals surface area contributed by atoms with Crippen LogP contribution in [0, 0.1) is 5.92 Å². The molecule has 3 heteroatoms. The molecule has 0 bridgehead atoms. The van der Waals surface area contributed by atoms with Gasteiger partial charge in [0, 0.05) is 38.1 Å². The van der Waals surface area contributed by atoms with Crippen molar-refractivity contribution in [3.8, 4) is 17.1 Å². The summed E-state index contributed by atoms with van der Waals surface area (Å²) in [5, 5.41) is 3.88. The van der Waals surface area contributed by atoms with Gasteiger partial charge in [-0.05, 0) is 55.0 Å². The average molecular weight is 535 g/mol. The molecule has 8 rings (SSSR count). The van der Waals surface area contributed by atoms with Crippen LogP contribution in [0.15, 0.2) is 103 Å². The van der Waals surface area contributed by atoms with Crippen LogP contribution in [0.1, 0.15) is 48.1 Å². The maximum Gasteiger partial charge on any atom is 0.138 e. The predicted octanol–water partition coefficient (Wildman–Crippen LogP) is 10.6. The molecule has 2 unspecified atom stereocenters. The third-order valence-corrected chi connectivity index (χ3v) is 9.84. The molecular weight excluding hydrogens is 504 g/mol. The predicted molar refractivity (Wildman–Crippen MR) is 172 cm³/mol. The molecule has 2 aliphatic carbocycles. The summed E-state index contributed by atoms with van der Waals surface area (Å²) < 4.78 is 3.76. The van der Waals surface area contributed by atoms with Gasteiger partial charge in [0.25, 0.3) is 0 Å². The number of benzene rings is 3. The third-order valence-electron chi connectivity index (χ3n) is 8.65. The zero-order chi connectivity index (χ0) is 26.6. The summed E-state index contributed by atoms with van der Waals surface area (Å²) in [6.45, 7) is 2.39. The van der Waals surface area contributed by atoms with Crippen molar-refractivity contribution in [2.45, 2.75) is 32.1 Å². The quantitative estimate of drug-likeness (QED) is 0.207. The SMILES string of the molecule is CC1CCC=CC1c1cc(-c2ccccc2)nc(-n2c3ccccc3c3ccc4c5c(sc4c32)C=CCC=C5)c1. The van der Waals surface area contributed by atoms with E-state index in [4.69, 9.17) is 4.98 Å². The van der Waals surface area contributed by atoms with Crippen molar-refractivity contribution in [2.75, 3.05) is 0 Å². The van der Waals surface area contributed by atoms with Gasteiger partial charge in [-0.25, -0.2) is 4.98 Å². The van der Waals surface area contributed by atoms with Gasteiger partial charge >= 0.3 is 0 Å². The van der Waals surface area contributed by atoms with Crippen molar-refractivity contribution < 1.29 is 0 Å². The first-order valence-electron chi connectivity index (χ1n) is 14.3. The smallest absolute Gasteiger partial charge is 0.138 e. The maximum atomic E-state index is 5.39. The Balaban J connectivity index is 1.48. The highest BCUT2D eigenvalue weighted by atomic mass is 32.1. The Kier molecular flexibility index (Phi) is 5.60. The van der Waals surface area contributed by atoms with E-state index in [2.05, 4.69) is 127 Å². The standard InChI is InChI=1S/C37H30N2S/c1-24-12-8-9-15-27(24)26-22-32(25-13-4-2-5-14-25)38-35(23-26)39-33-18-11-10-16-28(33)30-20-21-31-29-17-6-3-7-19-34(29)40-37(31)36(30)39/h2,4-7,9-11,13-24,27H,3,8,12H2,1H3. The molecular formula is C37H30N2S. The Hall–Kier alpha value is -4.21. The summed E-state index contributed by atoms with van der Waals surface area (Å²) in [4.78, 5) is 6.72. The Morgan fingerprint density at radius 2 is 1.65 bits per heavy atom. The topological polar surface area (TPSA) is 17.8 Å². The van der Waals surface area contributed by atoms with E-state index in [0.717, 1.165) is 29.9 Å². The number of nitrogens with zero attached hydrogens (tertiary/aromatic N) is 2. The number of fused-ring (bicyclic) bond motifs is 7. The molecule has 0 fully saturated rings. The first-order valence-corrected chi connectivity index (χ1v) is 15.1. The molecule has 3 heterocycles. The summed E-state index contributed by atoms with van der Waals surface area (Å²) in [6.07, 6.45) is 17.3. The Morgan fingerprint density at radius 3 is 2.55 bits per heavy atom. The Morgan fingerprint density at radius 1 is 0.825 bits per heavy atom. The number of hydrogen-bond donors (Lipinski definition) is 0. The molecule has 2 atom stereocenters. The molecule has 3 aromatic carbocycles. The first-order chi connectivity index (χ1) is 19.8. The molecule has 3 aromatic heterocycles. The van der Waals surface area contributed by atoms with Crippen LogP contribution in [0.2, 0.25) is 0 Å². The molecule has 2 aliphatic rings. The highest BCUT2D eigenvalue weighted by Gasteiger charge is 2.24. The van der Waals surface area contributed by atoms with Gasteiger partial charge in [-0.2, -0.15) is 0 Å². The van der Waals surface area contributed by atoms with Crippen LogP contribution in [-0.2, 0) is 0 Å². The van der Waals surface area contributed by atoms with Crippen LogP contribution in [0.3, 0.4) is 0 Å². The van der Waals surface area contributed by atoms with Gasteiger partial charge in [-0.15, -0.1) is 11.3 Å². The number of para-hydroxylation sites is 1. The molecule has 0 amide bonds. The highest BCUT2D eigenvalue weighted by Crippen LogP contribution is 2.44. The van der Waals surface area contributed by atoms with Crippen LogP contribution >= 0.6 is 11.3 Å². The monoisotopic (exact) mass is 534 g/mol. The Bertz CT molecular complexity index is 2000. The molecule has 0 radical (unpaired) electrons. The van der Waals surface area contributed by atoms with Gasteiger partial charge in [0.1, 0.15) is 5.82 Å². The summed E-state index contributed by atoms with van der Waals surface area (Å²) in [5.74, 6) is 1.98. The Labute approximate surface area is 238 Å². The molecule has 0 aliphatic heterocycles. The lowest BCUT2D eigenvalue weighted by Gasteiger charge is -2.25. The van der Waals surface area contributed by atoms with Crippen LogP contribution in [0.25, 0.3) is 61.1 Å². The van der Waals surface area contributed by atoms with Gasteiger partial charge in [0.05, 0.1) is 21.4 Å². The van der Waals surface area contributed by atoms with Crippen LogP contribution in [-0.4, -0.2) is 9.55 Å². The third kappa shape index (κ3) is 3.72.